The summed E-state index contributed by atoms with van der Waals surface area (Å²) in [6, 6.07) is 11.0. The number of aromatic amines is 1. The van der Waals surface area contributed by atoms with Gasteiger partial charge in [0, 0.05) is 22.5 Å². The maximum absolute atomic E-state index is 11.4. The van der Waals surface area contributed by atoms with Gasteiger partial charge in [-0.25, -0.2) is 5.10 Å². The van der Waals surface area contributed by atoms with Crippen LogP contribution >= 0.6 is 28.1 Å². The van der Waals surface area contributed by atoms with Crippen molar-refractivity contribution in [3.8, 4) is 28.6 Å². The Morgan fingerprint density at radius 2 is 1.90 bits per heavy atom. The van der Waals surface area contributed by atoms with Gasteiger partial charge in [0.25, 0.3) is 0 Å². The number of nitrogens with zero attached hydrogens (tertiary/aromatic N) is 3. The van der Waals surface area contributed by atoms with E-state index >= 15 is 0 Å². The van der Waals surface area contributed by atoms with Gasteiger partial charge < -0.3 is 14.2 Å². The van der Waals surface area contributed by atoms with E-state index in [-0.39, 0.29) is 5.75 Å². The number of ether oxygens (including phenoxy) is 3. The third kappa shape index (κ3) is 4.54. The lowest BCUT2D eigenvalue weighted by Gasteiger charge is -2.13. The highest BCUT2D eigenvalue weighted by molar-refractivity contribution is 9.10. The van der Waals surface area contributed by atoms with Crippen LogP contribution in [-0.2, 0) is 4.79 Å². The van der Waals surface area contributed by atoms with E-state index in [1.807, 2.05) is 24.3 Å². The van der Waals surface area contributed by atoms with Crippen molar-refractivity contribution in [2.24, 2.45) is 5.10 Å². The summed E-state index contributed by atoms with van der Waals surface area (Å²) in [5.74, 6) is 0.944. The molecule has 0 aliphatic heterocycles. The van der Waals surface area contributed by atoms with Crippen LogP contribution in [0, 0.1) is 4.77 Å². The van der Waals surface area contributed by atoms with Gasteiger partial charge in [0.15, 0.2) is 17.3 Å². The van der Waals surface area contributed by atoms with Crippen molar-refractivity contribution >= 4 is 40.3 Å². The van der Waals surface area contributed by atoms with E-state index < -0.39 is 5.97 Å². The third-order valence-electron chi connectivity index (χ3n) is 3.82. The Morgan fingerprint density at radius 1 is 1.24 bits per heavy atom. The van der Waals surface area contributed by atoms with E-state index in [0.717, 1.165) is 10.0 Å². The summed E-state index contributed by atoms with van der Waals surface area (Å²) in [6.07, 6.45) is 1.58. The average molecular weight is 477 g/mol. The third-order valence-corrected chi connectivity index (χ3v) is 4.77. The molecule has 10 heteroatoms. The van der Waals surface area contributed by atoms with E-state index in [0.29, 0.717) is 27.7 Å². The first-order chi connectivity index (χ1) is 13.9. The molecule has 3 rings (SSSR count). The van der Waals surface area contributed by atoms with Crippen molar-refractivity contribution < 1.29 is 19.0 Å². The van der Waals surface area contributed by atoms with E-state index in [1.54, 1.807) is 18.3 Å². The van der Waals surface area contributed by atoms with Crippen LogP contribution in [0.3, 0.4) is 0 Å². The van der Waals surface area contributed by atoms with E-state index in [2.05, 4.69) is 31.2 Å². The van der Waals surface area contributed by atoms with Gasteiger partial charge in [-0.15, -0.1) is 0 Å². The summed E-state index contributed by atoms with van der Waals surface area (Å²) in [7, 11) is 2.94. The molecule has 1 heterocycles. The molecule has 0 bridgehead atoms. The maximum atomic E-state index is 11.4. The SMILES string of the molecule is COc1cc(/C=N\n2c(-c3ccccc3Br)n[nH]c2=S)cc(OC)c1OC(C)=O. The monoisotopic (exact) mass is 476 g/mol. The first-order valence-corrected chi connectivity index (χ1v) is 9.55. The molecule has 0 unspecified atom stereocenters. The summed E-state index contributed by atoms with van der Waals surface area (Å²) in [5.41, 5.74) is 1.48. The Kier molecular flexibility index (Phi) is 6.45. The number of hydrogen-bond acceptors (Lipinski definition) is 7. The lowest BCUT2D eigenvalue weighted by atomic mass is 10.2. The first kappa shape index (κ1) is 20.7. The minimum absolute atomic E-state index is 0.202. The number of carbonyl (C=O) groups excluding carboxylic acids is 1. The smallest absolute Gasteiger partial charge is 0.308 e. The minimum atomic E-state index is -0.481. The summed E-state index contributed by atoms with van der Waals surface area (Å²) in [6.45, 7) is 1.30. The van der Waals surface area contributed by atoms with Gasteiger partial charge in [-0.05, 0) is 36.5 Å². The molecule has 0 aliphatic rings. The maximum Gasteiger partial charge on any atom is 0.308 e. The fraction of sp³-hybridized carbons (Fsp3) is 0.158. The van der Waals surface area contributed by atoms with Crippen LogP contribution in [0.4, 0.5) is 0 Å². The zero-order valence-corrected chi connectivity index (χ0v) is 18.2. The average Bonchev–Trinajstić information content (AvgIpc) is 3.07. The Labute approximate surface area is 180 Å². The molecule has 0 saturated heterocycles. The van der Waals surface area contributed by atoms with Crippen molar-refractivity contribution in [2.75, 3.05) is 14.2 Å². The van der Waals surface area contributed by atoms with Crippen molar-refractivity contribution in [3.63, 3.8) is 0 Å². The van der Waals surface area contributed by atoms with Crippen LogP contribution in [0.15, 0.2) is 46.0 Å². The van der Waals surface area contributed by atoms with Gasteiger partial charge in [-0.2, -0.15) is 14.9 Å². The van der Waals surface area contributed by atoms with Gasteiger partial charge in [-0.1, -0.05) is 28.1 Å². The quantitative estimate of drug-likeness (QED) is 0.248. The van der Waals surface area contributed by atoms with Gasteiger partial charge in [0.2, 0.25) is 10.5 Å². The molecule has 0 fully saturated rings. The fourth-order valence-corrected chi connectivity index (χ4v) is 3.20. The highest BCUT2D eigenvalue weighted by atomic mass is 79.9. The number of benzene rings is 2. The second-order valence-corrected chi connectivity index (χ2v) is 6.98. The highest BCUT2D eigenvalue weighted by Crippen LogP contribution is 2.38. The van der Waals surface area contributed by atoms with Gasteiger partial charge in [0.05, 0.1) is 20.4 Å². The molecule has 1 N–H and O–H groups in total. The Bertz CT molecular complexity index is 1110. The lowest BCUT2D eigenvalue weighted by Crippen LogP contribution is -2.05. The topological polar surface area (TPSA) is 90.7 Å². The normalized spacial score (nSPS) is 10.9. The molecule has 2 aromatic carbocycles. The molecule has 8 nitrogen and oxygen atoms in total. The summed E-state index contributed by atoms with van der Waals surface area (Å²) in [5, 5.41) is 11.5. The number of halogens is 1. The van der Waals surface area contributed by atoms with Crippen LogP contribution < -0.4 is 14.2 Å². The molecule has 0 atom stereocenters. The van der Waals surface area contributed by atoms with E-state index in [9.17, 15) is 4.79 Å². The molecule has 0 radical (unpaired) electrons. The first-order valence-electron chi connectivity index (χ1n) is 8.35. The largest absolute Gasteiger partial charge is 0.493 e. The van der Waals surface area contributed by atoms with Gasteiger partial charge >= 0.3 is 5.97 Å². The number of hydrogen-bond donors (Lipinski definition) is 1. The predicted molar refractivity (Wildman–Crippen MR) is 114 cm³/mol. The van der Waals surface area contributed by atoms with Crippen molar-refractivity contribution in [2.45, 2.75) is 6.92 Å². The molecular formula is C19H17BrN4O4S. The Balaban J connectivity index is 2.03. The zero-order valence-electron chi connectivity index (χ0n) is 15.8. The molecule has 0 spiro atoms. The summed E-state index contributed by atoms with van der Waals surface area (Å²) >= 11 is 8.82. The number of aromatic nitrogens is 3. The number of carbonyl (C=O) groups is 1. The lowest BCUT2D eigenvalue weighted by molar-refractivity contribution is -0.132. The highest BCUT2D eigenvalue weighted by Gasteiger charge is 2.16. The van der Waals surface area contributed by atoms with Crippen LogP contribution in [0.5, 0.6) is 17.2 Å². The Morgan fingerprint density at radius 3 is 2.48 bits per heavy atom. The summed E-state index contributed by atoms with van der Waals surface area (Å²) < 4.78 is 18.6. The number of esters is 1. The Hall–Kier alpha value is -2.98. The van der Waals surface area contributed by atoms with Crippen LogP contribution in [-0.4, -0.2) is 41.3 Å². The van der Waals surface area contributed by atoms with Crippen LogP contribution in [0.25, 0.3) is 11.4 Å². The number of H-pyrrole nitrogens is 1. The second-order valence-electron chi connectivity index (χ2n) is 5.74. The van der Waals surface area contributed by atoms with Crippen molar-refractivity contribution in [1.82, 2.24) is 14.9 Å². The van der Waals surface area contributed by atoms with E-state index in [1.165, 1.54) is 25.8 Å². The number of nitrogens with one attached hydrogen (secondary N) is 1. The molecule has 0 amide bonds. The molecule has 29 heavy (non-hydrogen) atoms. The van der Waals surface area contributed by atoms with Crippen LogP contribution in [0.1, 0.15) is 12.5 Å². The molecular weight excluding hydrogens is 460 g/mol. The molecule has 3 aromatic rings. The number of methoxy groups -OCH3 is 2. The van der Waals surface area contributed by atoms with Gasteiger partial charge in [0.1, 0.15) is 0 Å². The molecule has 0 aliphatic carbocycles. The van der Waals surface area contributed by atoms with Crippen molar-refractivity contribution in [1.29, 1.82) is 0 Å². The minimum Gasteiger partial charge on any atom is -0.493 e. The fourth-order valence-electron chi connectivity index (χ4n) is 2.56. The van der Waals surface area contributed by atoms with Crippen LogP contribution in [0.2, 0.25) is 0 Å². The molecule has 1 aromatic heterocycles. The molecule has 0 saturated carbocycles. The summed E-state index contributed by atoms with van der Waals surface area (Å²) in [4.78, 5) is 11.4. The zero-order chi connectivity index (χ0) is 21.0. The standard InChI is InChI=1S/C19H17BrN4O4S/c1-11(25)28-17-15(26-2)8-12(9-16(17)27-3)10-21-24-18(22-23-19(24)29)13-6-4-5-7-14(13)20/h4-10H,1-3H3,(H,23,29)/b21-10-. The second kappa shape index (κ2) is 9.01. The van der Waals surface area contributed by atoms with Gasteiger partial charge in [-0.3, -0.25) is 4.79 Å². The van der Waals surface area contributed by atoms with Crippen molar-refractivity contribution in [3.05, 3.63) is 51.2 Å². The van der Waals surface area contributed by atoms with E-state index in [4.69, 9.17) is 26.4 Å². The number of rotatable bonds is 6. The molecule has 150 valence electrons. The predicted octanol–water partition coefficient (Wildman–Crippen LogP) is 4.19.